The molecule has 0 saturated heterocycles. The Morgan fingerprint density at radius 1 is 0.654 bits per heavy atom. The zero-order valence-corrected chi connectivity index (χ0v) is 22.1. The summed E-state index contributed by atoms with van der Waals surface area (Å²) in [5.41, 5.74) is 10.5. The fraction of sp³-hybridized carbons (Fsp3) is 0.889. The molecular formula is C18H32Br4N2O2. The van der Waals surface area contributed by atoms with Crippen LogP contribution in [0, 0.1) is 5.41 Å². The van der Waals surface area contributed by atoms with Crippen LogP contribution in [0.15, 0.2) is 0 Å². The van der Waals surface area contributed by atoms with Gasteiger partial charge in [0.2, 0.25) is 11.8 Å². The molecule has 0 aromatic heterocycles. The van der Waals surface area contributed by atoms with Crippen molar-refractivity contribution in [3.63, 3.8) is 0 Å². The molecule has 0 bridgehead atoms. The summed E-state index contributed by atoms with van der Waals surface area (Å²) in [6, 6.07) is 0. The number of carbonyl (C=O) groups is 2. The van der Waals surface area contributed by atoms with E-state index in [1.54, 1.807) is 0 Å². The predicted molar refractivity (Wildman–Crippen MR) is 124 cm³/mol. The lowest BCUT2D eigenvalue weighted by Gasteiger charge is -2.35. The largest absolute Gasteiger partial charge is 0.368 e. The Bertz CT molecular complexity index is 454. The highest BCUT2D eigenvalue weighted by molar-refractivity contribution is 9.26. The second kappa shape index (κ2) is 12.4. The van der Waals surface area contributed by atoms with Crippen LogP contribution in [0.25, 0.3) is 0 Å². The third kappa shape index (κ3) is 9.87. The Morgan fingerprint density at radius 2 is 1.00 bits per heavy atom. The first-order valence-electron chi connectivity index (χ1n) is 9.20. The van der Waals surface area contributed by atoms with Crippen LogP contribution < -0.4 is 11.5 Å². The van der Waals surface area contributed by atoms with Crippen LogP contribution in [-0.2, 0) is 9.59 Å². The Labute approximate surface area is 191 Å². The number of hydrogen-bond donors (Lipinski definition) is 2. The molecule has 26 heavy (non-hydrogen) atoms. The second-order valence-electron chi connectivity index (χ2n) is 7.57. The highest BCUT2D eigenvalue weighted by Crippen LogP contribution is 2.47. The van der Waals surface area contributed by atoms with E-state index in [4.69, 9.17) is 11.5 Å². The van der Waals surface area contributed by atoms with Crippen LogP contribution in [0.5, 0.6) is 0 Å². The standard InChI is InChI=1S/C18H32Br4N2O2/c1-16(2,18(21,22)15(24)26)12-10-8-6-4-3-5-7-9-11-13-17(19,20)14(23)25/h3-13H2,1-2H3,(H2,23,25)(H2,24,26). The van der Waals surface area contributed by atoms with Gasteiger partial charge in [-0.2, -0.15) is 0 Å². The summed E-state index contributed by atoms with van der Waals surface area (Å²) in [6.07, 6.45) is 12.1. The SMILES string of the molecule is CC(C)(CCCCCCCCCCCC(Br)(Br)C(N)=O)C(Br)(Br)C(N)=O. The monoisotopic (exact) mass is 624 g/mol. The molecule has 0 aliphatic heterocycles. The topological polar surface area (TPSA) is 86.2 Å². The highest BCUT2D eigenvalue weighted by Gasteiger charge is 2.45. The van der Waals surface area contributed by atoms with Gasteiger partial charge in [0.15, 0.2) is 6.47 Å². The molecule has 0 spiro atoms. The maximum Gasteiger partial charge on any atom is 0.245 e. The van der Waals surface area contributed by atoms with Crippen LogP contribution in [0.1, 0.15) is 84.5 Å². The first-order chi connectivity index (χ1) is 11.8. The van der Waals surface area contributed by atoms with Gasteiger partial charge < -0.3 is 11.5 Å². The number of carbonyl (C=O) groups excluding carboxylic acids is 2. The molecule has 0 aromatic rings. The van der Waals surface area contributed by atoms with Gasteiger partial charge in [-0.1, -0.05) is 135 Å². The van der Waals surface area contributed by atoms with Gasteiger partial charge in [-0.05, 0) is 18.3 Å². The van der Waals surface area contributed by atoms with Crippen LogP contribution in [0.2, 0.25) is 0 Å². The molecule has 2 amide bonds. The molecule has 0 fully saturated rings. The Kier molecular flexibility index (Phi) is 12.8. The average molecular weight is 628 g/mol. The van der Waals surface area contributed by atoms with Crippen molar-refractivity contribution in [2.75, 3.05) is 0 Å². The summed E-state index contributed by atoms with van der Waals surface area (Å²) in [5.74, 6) is -0.746. The molecule has 0 aliphatic rings. The Balaban J connectivity index is 3.66. The number of halogens is 4. The van der Waals surface area contributed by atoms with Gasteiger partial charge in [0.25, 0.3) is 0 Å². The minimum Gasteiger partial charge on any atom is -0.368 e. The first-order valence-corrected chi connectivity index (χ1v) is 12.4. The van der Waals surface area contributed by atoms with Gasteiger partial charge in [0.1, 0.15) is 0 Å². The smallest absolute Gasteiger partial charge is 0.245 e. The zero-order chi connectivity index (χ0) is 20.4. The van der Waals surface area contributed by atoms with Gasteiger partial charge in [0, 0.05) is 0 Å². The maximum absolute atomic E-state index is 11.5. The van der Waals surface area contributed by atoms with E-state index in [-0.39, 0.29) is 17.2 Å². The van der Waals surface area contributed by atoms with E-state index in [0.29, 0.717) is 6.42 Å². The fourth-order valence-corrected chi connectivity index (χ4v) is 3.72. The number of nitrogens with two attached hydrogens (primary N) is 2. The number of unbranched alkanes of at least 4 members (excludes halogenated alkanes) is 8. The lowest BCUT2D eigenvalue weighted by Crippen LogP contribution is -2.44. The van der Waals surface area contributed by atoms with E-state index in [1.165, 1.54) is 38.5 Å². The number of primary amides is 2. The molecule has 0 heterocycles. The third-order valence-corrected chi connectivity index (χ3v) is 9.32. The zero-order valence-electron chi connectivity index (χ0n) is 15.8. The molecule has 8 heteroatoms. The van der Waals surface area contributed by atoms with E-state index in [1.807, 2.05) is 13.8 Å². The molecule has 0 rings (SSSR count). The normalized spacial score (nSPS) is 13.0. The molecule has 0 aliphatic carbocycles. The molecule has 4 N–H and O–H groups in total. The molecule has 0 aromatic carbocycles. The summed E-state index contributed by atoms with van der Waals surface area (Å²) >= 11 is 13.5. The molecule has 0 atom stereocenters. The summed E-state index contributed by atoms with van der Waals surface area (Å²) in [7, 11) is 0. The lowest BCUT2D eigenvalue weighted by atomic mass is 9.83. The van der Waals surface area contributed by atoms with Crippen LogP contribution in [-0.4, -0.2) is 18.3 Å². The van der Waals surface area contributed by atoms with Crippen LogP contribution >= 0.6 is 63.7 Å². The van der Waals surface area contributed by atoms with Crippen molar-refractivity contribution in [3.8, 4) is 0 Å². The maximum atomic E-state index is 11.5. The van der Waals surface area contributed by atoms with Crippen molar-refractivity contribution in [3.05, 3.63) is 0 Å². The second-order valence-corrected chi connectivity index (χ2v) is 14.8. The van der Waals surface area contributed by atoms with Crippen molar-refractivity contribution in [2.24, 2.45) is 16.9 Å². The summed E-state index contributed by atoms with van der Waals surface area (Å²) < 4.78 is -1.59. The van der Waals surface area contributed by atoms with E-state index in [2.05, 4.69) is 63.7 Å². The van der Waals surface area contributed by atoms with Crippen molar-refractivity contribution in [1.29, 1.82) is 0 Å². The quantitative estimate of drug-likeness (QED) is 0.166. The predicted octanol–water partition coefficient (Wildman–Crippen LogP) is 6.25. The van der Waals surface area contributed by atoms with E-state index >= 15 is 0 Å². The molecule has 4 nitrogen and oxygen atoms in total. The van der Waals surface area contributed by atoms with Crippen molar-refractivity contribution < 1.29 is 9.59 Å². The average Bonchev–Trinajstić information content (AvgIpc) is 2.51. The van der Waals surface area contributed by atoms with Crippen LogP contribution in [0.3, 0.4) is 0 Å². The minimum absolute atomic E-state index is 0.232. The van der Waals surface area contributed by atoms with Gasteiger partial charge in [-0.3, -0.25) is 9.59 Å². The molecule has 0 unspecified atom stereocenters. The van der Waals surface area contributed by atoms with Gasteiger partial charge in [-0.25, -0.2) is 0 Å². The summed E-state index contributed by atoms with van der Waals surface area (Å²) in [5, 5.41) is 0. The fourth-order valence-electron chi connectivity index (χ4n) is 2.77. The van der Waals surface area contributed by atoms with Crippen LogP contribution in [0.4, 0.5) is 0 Å². The van der Waals surface area contributed by atoms with Crippen molar-refractivity contribution in [2.45, 2.75) is 90.9 Å². The van der Waals surface area contributed by atoms with E-state index in [0.717, 1.165) is 25.7 Å². The minimum atomic E-state index is -0.844. The number of hydrogen-bond acceptors (Lipinski definition) is 2. The number of rotatable bonds is 15. The highest BCUT2D eigenvalue weighted by atomic mass is 79.9. The Morgan fingerprint density at radius 3 is 1.35 bits per heavy atom. The van der Waals surface area contributed by atoms with E-state index < -0.39 is 6.47 Å². The lowest BCUT2D eigenvalue weighted by molar-refractivity contribution is -0.120. The third-order valence-electron chi connectivity index (χ3n) is 4.81. The molecule has 0 saturated carbocycles. The molecule has 154 valence electrons. The molecular weight excluding hydrogens is 596 g/mol. The van der Waals surface area contributed by atoms with E-state index in [9.17, 15) is 9.59 Å². The summed E-state index contributed by atoms with van der Waals surface area (Å²) in [6.45, 7) is 4.10. The molecule has 0 radical (unpaired) electrons. The first kappa shape index (κ1) is 26.9. The van der Waals surface area contributed by atoms with Crippen molar-refractivity contribution >= 4 is 75.5 Å². The van der Waals surface area contributed by atoms with Gasteiger partial charge in [0.05, 0.1) is 0 Å². The number of amides is 2. The Hall–Kier alpha value is 0.860. The summed E-state index contributed by atoms with van der Waals surface area (Å²) in [4.78, 5) is 22.7. The van der Waals surface area contributed by atoms with Gasteiger partial charge >= 0.3 is 0 Å². The number of alkyl halides is 4. The van der Waals surface area contributed by atoms with Gasteiger partial charge in [-0.15, -0.1) is 0 Å². The van der Waals surface area contributed by atoms with Crippen molar-refractivity contribution in [1.82, 2.24) is 0 Å².